The molecule has 25 heavy (non-hydrogen) atoms. The molecule has 0 fully saturated rings. The van der Waals surface area contributed by atoms with Crippen molar-refractivity contribution in [3.05, 3.63) is 50.9 Å². The number of rotatable bonds is 6. The van der Waals surface area contributed by atoms with E-state index in [-0.39, 0.29) is 23.9 Å². The lowest BCUT2D eigenvalue weighted by Gasteiger charge is -2.26. The van der Waals surface area contributed by atoms with E-state index < -0.39 is 0 Å². The highest BCUT2D eigenvalue weighted by Crippen LogP contribution is 2.21. The van der Waals surface area contributed by atoms with Gasteiger partial charge in [0, 0.05) is 17.5 Å². The molecule has 2 rings (SSSR count). The van der Waals surface area contributed by atoms with Gasteiger partial charge >= 0.3 is 0 Å². The maximum absolute atomic E-state index is 12.8. The van der Waals surface area contributed by atoms with Crippen molar-refractivity contribution in [2.75, 3.05) is 0 Å². The van der Waals surface area contributed by atoms with Gasteiger partial charge in [-0.2, -0.15) is 0 Å². The summed E-state index contributed by atoms with van der Waals surface area (Å²) in [6.45, 7) is 8.01. The summed E-state index contributed by atoms with van der Waals surface area (Å²) in [5.74, 6) is -0.352. The fourth-order valence-corrected chi connectivity index (χ4v) is 3.24. The number of nitrogens with zero attached hydrogens (tertiary/aromatic N) is 2. The monoisotopic (exact) mass is 379 g/mol. The molecule has 1 aromatic carbocycles. The molecular weight excluding hydrogens is 358 g/mol. The van der Waals surface area contributed by atoms with Crippen LogP contribution in [0.3, 0.4) is 0 Å². The molecule has 1 aromatic heterocycles. The summed E-state index contributed by atoms with van der Waals surface area (Å²) in [7, 11) is 0. The van der Waals surface area contributed by atoms with E-state index >= 15 is 0 Å². The van der Waals surface area contributed by atoms with Crippen molar-refractivity contribution < 1.29 is 9.59 Å². The van der Waals surface area contributed by atoms with Crippen molar-refractivity contribution >= 4 is 34.8 Å². The second kappa shape index (κ2) is 8.45. The molecule has 1 N–H and O–H groups in total. The zero-order chi connectivity index (χ0) is 18.6. The van der Waals surface area contributed by atoms with Gasteiger partial charge in [0.05, 0.1) is 17.1 Å². The number of hydrogen-bond donors (Lipinski definition) is 1. The Morgan fingerprint density at radius 1 is 1.24 bits per heavy atom. The highest BCUT2D eigenvalue weighted by Gasteiger charge is 2.23. The van der Waals surface area contributed by atoms with Crippen LogP contribution in [-0.2, 0) is 6.54 Å². The van der Waals surface area contributed by atoms with Crippen molar-refractivity contribution in [2.45, 2.75) is 46.3 Å². The number of carbonyl (C=O) groups is 2. The topological polar surface area (TPSA) is 62.3 Å². The number of nitrogens with one attached hydrogen (secondary N) is 1. The van der Waals surface area contributed by atoms with Gasteiger partial charge in [-0.1, -0.05) is 23.7 Å². The van der Waals surface area contributed by atoms with Crippen molar-refractivity contribution in [1.29, 1.82) is 0 Å². The van der Waals surface area contributed by atoms with Gasteiger partial charge in [-0.25, -0.2) is 4.98 Å². The Kier molecular flexibility index (Phi) is 6.56. The smallest absolute Gasteiger partial charge is 0.270 e. The zero-order valence-electron chi connectivity index (χ0n) is 14.7. The van der Waals surface area contributed by atoms with Crippen molar-refractivity contribution in [2.24, 2.45) is 0 Å². The molecule has 0 aliphatic heterocycles. The van der Waals surface area contributed by atoms with Crippen LogP contribution in [0.2, 0.25) is 5.02 Å². The molecule has 134 valence electrons. The molecule has 0 spiro atoms. The first-order chi connectivity index (χ1) is 11.8. The maximum atomic E-state index is 12.8. The third-order valence-corrected chi connectivity index (χ3v) is 4.66. The van der Waals surface area contributed by atoms with Gasteiger partial charge in [0.1, 0.15) is 10.7 Å². The summed E-state index contributed by atoms with van der Waals surface area (Å²) in [6.07, 6.45) is 0. The highest BCUT2D eigenvalue weighted by molar-refractivity contribution is 7.09. The van der Waals surface area contributed by atoms with Crippen LogP contribution in [0.15, 0.2) is 29.6 Å². The highest BCUT2D eigenvalue weighted by atomic mass is 35.5. The van der Waals surface area contributed by atoms with Crippen molar-refractivity contribution in [3.63, 3.8) is 0 Å². The number of hydrogen-bond acceptors (Lipinski definition) is 4. The van der Waals surface area contributed by atoms with E-state index in [1.54, 1.807) is 34.5 Å². The summed E-state index contributed by atoms with van der Waals surface area (Å²) in [4.78, 5) is 30.9. The quantitative estimate of drug-likeness (QED) is 0.825. The van der Waals surface area contributed by atoms with Crippen LogP contribution < -0.4 is 5.32 Å². The Morgan fingerprint density at radius 3 is 2.52 bits per heavy atom. The van der Waals surface area contributed by atoms with Crippen LogP contribution in [-0.4, -0.2) is 33.8 Å². The Labute approximate surface area is 157 Å². The third-order valence-electron chi connectivity index (χ3n) is 3.50. The lowest BCUT2D eigenvalue weighted by molar-refractivity contribution is 0.0690. The minimum Gasteiger partial charge on any atom is -0.349 e. The summed E-state index contributed by atoms with van der Waals surface area (Å²) < 4.78 is 0. The lowest BCUT2D eigenvalue weighted by atomic mass is 10.1. The molecular formula is C18H22ClN3O2S. The van der Waals surface area contributed by atoms with E-state index in [4.69, 9.17) is 11.6 Å². The average Bonchev–Trinajstić information content (AvgIpc) is 3.00. The molecule has 0 saturated carbocycles. The van der Waals surface area contributed by atoms with E-state index in [1.807, 2.05) is 27.7 Å². The van der Waals surface area contributed by atoms with Gasteiger partial charge in [-0.05, 0) is 39.8 Å². The summed E-state index contributed by atoms with van der Waals surface area (Å²) in [5, 5.41) is 5.66. The first-order valence-corrected chi connectivity index (χ1v) is 9.36. The summed E-state index contributed by atoms with van der Waals surface area (Å²) in [6, 6.07) is 7.01. The summed E-state index contributed by atoms with van der Waals surface area (Å²) >= 11 is 7.52. The first kappa shape index (κ1) is 19.4. The van der Waals surface area contributed by atoms with Crippen LogP contribution in [0.1, 0.15) is 53.5 Å². The van der Waals surface area contributed by atoms with Gasteiger partial charge in [-0.15, -0.1) is 11.3 Å². The lowest BCUT2D eigenvalue weighted by Crippen LogP contribution is -2.36. The molecule has 0 radical (unpaired) electrons. The fourth-order valence-electron chi connectivity index (χ4n) is 2.25. The molecule has 0 saturated heterocycles. The van der Waals surface area contributed by atoms with Crippen molar-refractivity contribution in [3.8, 4) is 0 Å². The molecule has 2 aromatic rings. The van der Waals surface area contributed by atoms with Crippen LogP contribution >= 0.6 is 22.9 Å². The van der Waals surface area contributed by atoms with Gasteiger partial charge in [-0.3, -0.25) is 9.59 Å². The largest absolute Gasteiger partial charge is 0.349 e. The number of halogens is 1. The molecule has 0 atom stereocenters. The molecule has 5 nitrogen and oxygen atoms in total. The molecule has 0 aliphatic rings. The first-order valence-electron chi connectivity index (χ1n) is 8.10. The second-order valence-electron chi connectivity index (χ2n) is 6.26. The van der Waals surface area contributed by atoms with Gasteiger partial charge in [0.2, 0.25) is 0 Å². The van der Waals surface area contributed by atoms with Gasteiger partial charge < -0.3 is 10.2 Å². The number of carbonyl (C=O) groups excluding carboxylic acids is 2. The normalized spacial score (nSPS) is 11.0. The standard InChI is InChI=1S/C18H22ClN3O2S/c1-11(2)20-17(23)15-10-25-16(21-15)9-22(12(3)4)18(24)13-7-5-6-8-14(13)19/h5-8,10-12H,9H2,1-4H3,(H,20,23). The SMILES string of the molecule is CC(C)NC(=O)c1csc(CN(C(=O)c2ccccc2Cl)C(C)C)n1. The Balaban J connectivity index is 2.18. The number of aromatic nitrogens is 1. The maximum Gasteiger partial charge on any atom is 0.270 e. The zero-order valence-corrected chi connectivity index (χ0v) is 16.3. The van der Waals surface area contributed by atoms with Crippen LogP contribution in [0.25, 0.3) is 0 Å². The molecule has 2 amide bonds. The van der Waals surface area contributed by atoms with E-state index in [2.05, 4.69) is 10.3 Å². The molecule has 0 unspecified atom stereocenters. The molecule has 7 heteroatoms. The Hall–Kier alpha value is -1.92. The third kappa shape index (κ3) is 5.03. The van der Waals surface area contributed by atoms with Crippen LogP contribution in [0, 0.1) is 0 Å². The fraction of sp³-hybridized carbons (Fsp3) is 0.389. The Bertz CT molecular complexity index is 758. The van der Waals surface area contributed by atoms with E-state index in [0.717, 1.165) is 0 Å². The number of thiazole rings is 1. The van der Waals surface area contributed by atoms with Crippen molar-refractivity contribution in [1.82, 2.24) is 15.2 Å². The minimum atomic E-state index is -0.203. The summed E-state index contributed by atoms with van der Waals surface area (Å²) in [5.41, 5.74) is 0.842. The molecule has 1 heterocycles. The van der Waals surface area contributed by atoms with Crippen LogP contribution in [0.4, 0.5) is 0 Å². The Morgan fingerprint density at radius 2 is 1.92 bits per heavy atom. The van der Waals surface area contributed by atoms with E-state index in [1.165, 1.54) is 11.3 Å². The van der Waals surface area contributed by atoms with E-state index in [0.29, 0.717) is 27.8 Å². The molecule has 0 bridgehead atoms. The van der Waals surface area contributed by atoms with Gasteiger partial charge in [0.25, 0.3) is 11.8 Å². The van der Waals surface area contributed by atoms with Crippen LogP contribution in [0.5, 0.6) is 0 Å². The predicted molar refractivity (Wildman–Crippen MR) is 101 cm³/mol. The average molecular weight is 380 g/mol. The second-order valence-corrected chi connectivity index (χ2v) is 7.61. The number of amides is 2. The predicted octanol–water partition coefficient (Wildman–Crippen LogP) is 3.99. The van der Waals surface area contributed by atoms with E-state index in [9.17, 15) is 9.59 Å². The van der Waals surface area contributed by atoms with Gasteiger partial charge in [0.15, 0.2) is 0 Å². The number of benzene rings is 1. The molecule has 0 aliphatic carbocycles. The minimum absolute atomic E-state index is 0.0272.